The molecule has 128 valence electrons. The topological polar surface area (TPSA) is 78.3 Å². The summed E-state index contributed by atoms with van der Waals surface area (Å²) in [5.74, 6) is 1.43. The second-order valence-corrected chi connectivity index (χ2v) is 6.02. The predicted octanol–water partition coefficient (Wildman–Crippen LogP) is 1.83. The third-order valence-corrected chi connectivity index (χ3v) is 4.08. The van der Waals surface area contributed by atoms with Crippen molar-refractivity contribution in [2.75, 3.05) is 13.3 Å². The van der Waals surface area contributed by atoms with E-state index < -0.39 is 0 Å². The number of ether oxygens (including phenoxy) is 2. The molecule has 0 unspecified atom stereocenters. The highest BCUT2D eigenvalue weighted by atomic mass is 16.7. The van der Waals surface area contributed by atoms with Gasteiger partial charge in [-0.2, -0.15) is 5.10 Å². The zero-order valence-electron chi connectivity index (χ0n) is 13.9. The van der Waals surface area contributed by atoms with E-state index in [0.717, 1.165) is 40.1 Å². The Hall–Kier alpha value is -3.09. The Balaban J connectivity index is 1.33. The SMILES string of the molecule is Cc1cnc2c(cnn2CC(=O)NCCc2ccc3c(c2)OCO3)c1. The summed E-state index contributed by atoms with van der Waals surface area (Å²) in [4.78, 5) is 16.5. The van der Waals surface area contributed by atoms with Crippen molar-refractivity contribution in [3.8, 4) is 11.5 Å². The van der Waals surface area contributed by atoms with Crippen LogP contribution in [0.4, 0.5) is 0 Å². The van der Waals surface area contributed by atoms with E-state index >= 15 is 0 Å². The van der Waals surface area contributed by atoms with E-state index in [-0.39, 0.29) is 19.2 Å². The van der Waals surface area contributed by atoms with E-state index in [1.54, 1.807) is 17.1 Å². The first-order valence-corrected chi connectivity index (χ1v) is 8.12. The van der Waals surface area contributed by atoms with Crippen molar-refractivity contribution < 1.29 is 14.3 Å². The van der Waals surface area contributed by atoms with E-state index in [1.807, 2.05) is 31.2 Å². The molecule has 1 aliphatic heterocycles. The van der Waals surface area contributed by atoms with Gasteiger partial charge in [-0.15, -0.1) is 0 Å². The number of aromatic nitrogens is 3. The van der Waals surface area contributed by atoms with Gasteiger partial charge in [0.1, 0.15) is 6.54 Å². The fourth-order valence-electron chi connectivity index (χ4n) is 2.83. The molecule has 0 fully saturated rings. The number of hydrogen-bond acceptors (Lipinski definition) is 5. The summed E-state index contributed by atoms with van der Waals surface area (Å²) in [7, 11) is 0. The smallest absolute Gasteiger partial charge is 0.241 e. The molecule has 0 bridgehead atoms. The fourth-order valence-corrected chi connectivity index (χ4v) is 2.83. The first-order chi connectivity index (χ1) is 12.2. The van der Waals surface area contributed by atoms with Crippen molar-refractivity contribution in [3.63, 3.8) is 0 Å². The van der Waals surface area contributed by atoms with E-state index in [0.29, 0.717) is 6.54 Å². The van der Waals surface area contributed by atoms with Gasteiger partial charge in [0, 0.05) is 18.1 Å². The molecule has 1 N–H and O–H groups in total. The summed E-state index contributed by atoms with van der Waals surface area (Å²) < 4.78 is 12.3. The summed E-state index contributed by atoms with van der Waals surface area (Å²) in [5, 5.41) is 8.10. The van der Waals surface area contributed by atoms with Crippen molar-refractivity contribution in [2.24, 2.45) is 0 Å². The van der Waals surface area contributed by atoms with Crippen LogP contribution in [0.25, 0.3) is 11.0 Å². The molecule has 1 aromatic carbocycles. The number of pyridine rings is 1. The van der Waals surface area contributed by atoms with Gasteiger partial charge >= 0.3 is 0 Å². The van der Waals surface area contributed by atoms with Gasteiger partial charge in [-0.3, -0.25) is 4.79 Å². The van der Waals surface area contributed by atoms with Gasteiger partial charge in [-0.05, 0) is 42.7 Å². The van der Waals surface area contributed by atoms with Crippen molar-refractivity contribution in [1.82, 2.24) is 20.1 Å². The Kier molecular flexibility index (Phi) is 3.97. The van der Waals surface area contributed by atoms with Crippen LogP contribution in [0, 0.1) is 6.92 Å². The normalized spacial score (nSPS) is 12.5. The molecule has 0 saturated heterocycles. The van der Waals surface area contributed by atoms with Crippen molar-refractivity contribution in [3.05, 3.63) is 47.8 Å². The van der Waals surface area contributed by atoms with Crippen LogP contribution in [-0.2, 0) is 17.8 Å². The van der Waals surface area contributed by atoms with E-state index in [1.165, 1.54) is 0 Å². The molecule has 7 heteroatoms. The van der Waals surface area contributed by atoms with Crippen molar-refractivity contribution >= 4 is 16.9 Å². The molecule has 0 aliphatic carbocycles. The van der Waals surface area contributed by atoms with E-state index in [4.69, 9.17) is 9.47 Å². The molecular formula is C18H18N4O3. The molecule has 0 atom stereocenters. The number of fused-ring (bicyclic) bond motifs is 2. The summed E-state index contributed by atoms with van der Waals surface area (Å²) in [6.07, 6.45) is 4.23. The average Bonchev–Trinajstić information content (AvgIpc) is 3.21. The number of carbonyl (C=O) groups is 1. The summed E-state index contributed by atoms with van der Waals surface area (Å²) in [5.41, 5.74) is 2.88. The maximum absolute atomic E-state index is 12.2. The standard InChI is InChI=1S/C18H18N4O3/c1-12-6-14-9-21-22(18(14)20-8-12)10-17(23)19-5-4-13-2-3-15-16(7-13)25-11-24-15/h2-3,6-9H,4-5,10-11H2,1H3,(H,19,23). The fraction of sp³-hybridized carbons (Fsp3) is 0.278. The molecule has 1 amide bonds. The lowest BCUT2D eigenvalue weighted by molar-refractivity contribution is -0.121. The molecule has 0 radical (unpaired) electrons. The molecule has 3 aromatic rings. The Morgan fingerprint density at radius 3 is 3.04 bits per heavy atom. The Morgan fingerprint density at radius 2 is 2.12 bits per heavy atom. The number of amides is 1. The Bertz CT molecular complexity index is 935. The van der Waals surface area contributed by atoms with Gasteiger partial charge in [0.15, 0.2) is 17.1 Å². The zero-order chi connectivity index (χ0) is 17.2. The second-order valence-electron chi connectivity index (χ2n) is 6.02. The van der Waals surface area contributed by atoms with Crippen LogP contribution in [-0.4, -0.2) is 34.0 Å². The minimum Gasteiger partial charge on any atom is -0.454 e. The molecule has 7 nitrogen and oxygen atoms in total. The quantitative estimate of drug-likeness (QED) is 0.768. The molecule has 25 heavy (non-hydrogen) atoms. The molecule has 1 aliphatic rings. The second kappa shape index (κ2) is 6.43. The molecule has 0 spiro atoms. The lowest BCUT2D eigenvalue weighted by Crippen LogP contribution is -2.29. The first-order valence-electron chi connectivity index (χ1n) is 8.12. The van der Waals surface area contributed by atoms with Crippen molar-refractivity contribution in [2.45, 2.75) is 19.9 Å². The number of nitrogens with one attached hydrogen (secondary N) is 1. The molecular weight excluding hydrogens is 320 g/mol. The molecule has 2 aromatic heterocycles. The number of carbonyl (C=O) groups excluding carboxylic acids is 1. The van der Waals surface area contributed by atoms with Crippen LogP contribution in [0.15, 0.2) is 36.7 Å². The van der Waals surface area contributed by atoms with Gasteiger partial charge in [0.05, 0.1) is 6.20 Å². The lowest BCUT2D eigenvalue weighted by atomic mass is 10.1. The van der Waals surface area contributed by atoms with E-state index in [2.05, 4.69) is 15.4 Å². The minimum atomic E-state index is -0.0897. The minimum absolute atomic E-state index is 0.0897. The maximum Gasteiger partial charge on any atom is 0.241 e. The number of nitrogens with zero attached hydrogens (tertiary/aromatic N) is 3. The zero-order valence-corrected chi connectivity index (χ0v) is 13.9. The van der Waals surface area contributed by atoms with Gasteiger partial charge < -0.3 is 14.8 Å². The molecule has 0 saturated carbocycles. The highest BCUT2D eigenvalue weighted by Crippen LogP contribution is 2.32. The largest absolute Gasteiger partial charge is 0.454 e. The lowest BCUT2D eigenvalue weighted by Gasteiger charge is -2.07. The number of rotatable bonds is 5. The number of aryl methyl sites for hydroxylation is 1. The van der Waals surface area contributed by atoms with Gasteiger partial charge in [0.25, 0.3) is 0 Å². The highest BCUT2D eigenvalue weighted by Gasteiger charge is 2.13. The Labute approximate surface area is 144 Å². The Morgan fingerprint density at radius 1 is 1.24 bits per heavy atom. The van der Waals surface area contributed by atoms with Gasteiger partial charge in [-0.25, -0.2) is 9.67 Å². The van der Waals surface area contributed by atoms with Gasteiger partial charge in [-0.1, -0.05) is 6.07 Å². The monoisotopic (exact) mass is 338 g/mol. The van der Waals surface area contributed by atoms with Crippen LogP contribution in [0.3, 0.4) is 0 Å². The first kappa shape index (κ1) is 15.4. The van der Waals surface area contributed by atoms with E-state index in [9.17, 15) is 4.79 Å². The molecule has 4 rings (SSSR count). The summed E-state index contributed by atoms with van der Waals surface area (Å²) in [6, 6.07) is 7.82. The average molecular weight is 338 g/mol. The van der Waals surface area contributed by atoms with Crippen LogP contribution in [0.2, 0.25) is 0 Å². The third kappa shape index (κ3) is 3.26. The summed E-state index contributed by atoms with van der Waals surface area (Å²) in [6.45, 7) is 2.94. The van der Waals surface area contributed by atoms with Crippen LogP contribution >= 0.6 is 0 Å². The van der Waals surface area contributed by atoms with Gasteiger partial charge in [0.2, 0.25) is 12.7 Å². The predicted molar refractivity (Wildman–Crippen MR) is 91.5 cm³/mol. The highest BCUT2D eigenvalue weighted by molar-refractivity contribution is 5.79. The van der Waals surface area contributed by atoms with Crippen LogP contribution in [0.5, 0.6) is 11.5 Å². The third-order valence-electron chi connectivity index (χ3n) is 4.08. The van der Waals surface area contributed by atoms with Crippen LogP contribution < -0.4 is 14.8 Å². The number of benzene rings is 1. The van der Waals surface area contributed by atoms with Crippen molar-refractivity contribution in [1.29, 1.82) is 0 Å². The summed E-state index contributed by atoms with van der Waals surface area (Å²) >= 11 is 0. The van der Waals surface area contributed by atoms with Crippen LogP contribution in [0.1, 0.15) is 11.1 Å². The molecule has 3 heterocycles. The number of hydrogen-bond donors (Lipinski definition) is 1. The maximum atomic E-state index is 12.2.